The number of nitrogens with one attached hydrogen (secondary N) is 1. The molecule has 2 amide bonds. The molecule has 1 saturated heterocycles. The molecule has 0 spiro atoms. The molecular formula is C17H26N6O2. The molecule has 0 saturated carbocycles. The van der Waals surface area contributed by atoms with E-state index in [1.807, 2.05) is 44.2 Å². The van der Waals surface area contributed by atoms with Crippen LogP contribution >= 0.6 is 0 Å². The molecule has 136 valence electrons. The third-order valence-corrected chi connectivity index (χ3v) is 4.37. The van der Waals surface area contributed by atoms with Gasteiger partial charge in [-0.3, -0.25) is 4.68 Å². The number of amides is 2. The SMILES string of the molecule is Cc1cc(C)n([C@@H]2CCN(C(=O)NCc3nc(C(C)(C)C)no3)C2)n1. The normalized spacial score (nSPS) is 18.0. The van der Waals surface area contributed by atoms with E-state index in [4.69, 9.17) is 4.52 Å². The van der Waals surface area contributed by atoms with Gasteiger partial charge in [0.2, 0.25) is 5.89 Å². The summed E-state index contributed by atoms with van der Waals surface area (Å²) in [6.07, 6.45) is 0.907. The van der Waals surface area contributed by atoms with E-state index in [-0.39, 0.29) is 24.0 Å². The molecule has 0 bridgehead atoms. The van der Waals surface area contributed by atoms with Crippen molar-refractivity contribution < 1.29 is 9.32 Å². The van der Waals surface area contributed by atoms with Crippen molar-refractivity contribution in [3.05, 3.63) is 29.2 Å². The van der Waals surface area contributed by atoms with Crippen molar-refractivity contribution in [2.24, 2.45) is 0 Å². The molecule has 3 heterocycles. The van der Waals surface area contributed by atoms with Crippen LogP contribution in [0.2, 0.25) is 0 Å². The van der Waals surface area contributed by atoms with Crippen LogP contribution in [0.5, 0.6) is 0 Å². The van der Waals surface area contributed by atoms with Crippen LogP contribution in [0.25, 0.3) is 0 Å². The zero-order valence-corrected chi connectivity index (χ0v) is 15.5. The number of aryl methyl sites for hydroxylation is 2. The highest BCUT2D eigenvalue weighted by Gasteiger charge is 2.29. The average molecular weight is 346 g/mol. The number of urea groups is 1. The van der Waals surface area contributed by atoms with Crippen LogP contribution in [0, 0.1) is 13.8 Å². The summed E-state index contributed by atoms with van der Waals surface area (Å²) in [6.45, 7) is 11.7. The van der Waals surface area contributed by atoms with E-state index >= 15 is 0 Å². The second-order valence-electron chi connectivity index (χ2n) is 7.68. The fourth-order valence-corrected chi connectivity index (χ4v) is 3.04. The van der Waals surface area contributed by atoms with Crippen LogP contribution in [0.4, 0.5) is 4.79 Å². The molecule has 1 aliphatic heterocycles. The Morgan fingerprint density at radius 2 is 2.16 bits per heavy atom. The summed E-state index contributed by atoms with van der Waals surface area (Å²) in [5.74, 6) is 1.06. The van der Waals surface area contributed by atoms with E-state index in [0.717, 1.165) is 17.8 Å². The number of aromatic nitrogens is 4. The summed E-state index contributed by atoms with van der Waals surface area (Å²) in [7, 11) is 0. The summed E-state index contributed by atoms with van der Waals surface area (Å²) in [6, 6.07) is 2.18. The Bertz CT molecular complexity index is 758. The quantitative estimate of drug-likeness (QED) is 0.921. The fourth-order valence-electron chi connectivity index (χ4n) is 3.04. The van der Waals surface area contributed by atoms with Crippen LogP contribution in [-0.2, 0) is 12.0 Å². The first-order valence-corrected chi connectivity index (χ1v) is 8.62. The van der Waals surface area contributed by atoms with E-state index in [1.165, 1.54) is 0 Å². The second-order valence-corrected chi connectivity index (χ2v) is 7.68. The first-order chi connectivity index (χ1) is 11.7. The van der Waals surface area contributed by atoms with Crippen molar-refractivity contribution in [1.82, 2.24) is 30.1 Å². The van der Waals surface area contributed by atoms with Gasteiger partial charge in [-0.25, -0.2) is 4.79 Å². The topological polar surface area (TPSA) is 89.1 Å². The Kier molecular flexibility index (Phi) is 4.53. The lowest BCUT2D eigenvalue weighted by molar-refractivity contribution is 0.204. The van der Waals surface area contributed by atoms with Gasteiger partial charge in [0, 0.05) is 24.2 Å². The highest BCUT2D eigenvalue weighted by Crippen LogP contribution is 2.23. The van der Waals surface area contributed by atoms with Crippen molar-refractivity contribution in [2.45, 2.75) is 59.0 Å². The number of hydrogen-bond donors (Lipinski definition) is 1. The molecular weight excluding hydrogens is 320 g/mol. The van der Waals surface area contributed by atoms with Crippen molar-refractivity contribution in [2.75, 3.05) is 13.1 Å². The zero-order chi connectivity index (χ0) is 18.2. The van der Waals surface area contributed by atoms with Gasteiger partial charge in [0.15, 0.2) is 5.82 Å². The van der Waals surface area contributed by atoms with Gasteiger partial charge in [-0.1, -0.05) is 25.9 Å². The summed E-state index contributed by atoms with van der Waals surface area (Å²) in [5.41, 5.74) is 1.96. The van der Waals surface area contributed by atoms with Crippen LogP contribution in [0.15, 0.2) is 10.6 Å². The van der Waals surface area contributed by atoms with Crippen LogP contribution in [0.3, 0.4) is 0 Å². The molecule has 1 atom stereocenters. The summed E-state index contributed by atoms with van der Waals surface area (Å²) in [4.78, 5) is 18.5. The van der Waals surface area contributed by atoms with Gasteiger partial charge in [0.25, 0.3) is 0 Å². The van der Waals surface area contributed by atoms with E-state index in [1.54, 1.807) is 0 Å². The number of nitrogens with zero attached hydrogens (tertiary/aromatic N) is 5. The third-order valence-electron chi connectivity index (χ3n) is 4.37. The Labute approximate surface area is 147 Å². The molecule has 2 aromatic rings. The standard InChI is InChI=1S/C17H26N6O2/c1-11-8-12(2)23(20-11)13-6-7-22(10-13)16(24)18-9-14-19-15(21-25-14)17(3,4)5/h8,13H,6-7,9-10H2,1-5H3,(H,18,24)/t13-/m1/s1. The largest absolute Gasteiger partial charge is 0.337 e. The number of hydrogen-bond acceptors (Lipinski definition) is 5. The smallest absolute Gasteiger partial charge is 0.317 e. The van der Waals surface area contributed by atoms with Gasteiger partial charge >= 0.3 is 6.03 Å². The van der Waals surface area contributed by atoms with Gasteiger partial charge in [-0.2, -0.15) is 10.1 Å². The minimum Gasteiger partial charge on any atom is -0.337 e. The molecule has 0 aromatic carbocycles. The molecule has 8 nitrogen and oxygen atoms in total. The lowest BCUT2D eigenvalue weighted by Crippen LogP contribution is -2.38. The molecule has 25 heavy (non-hydrogen) atoms. The molecule has 0 aliphatic carbocycles. The Balaban J connectivity index is 1.54. The molecule has 1 fully saturated rings. The molecule has 3 rings (SSSR count). The van der Waals surface area contributed by atoms with Gasteiger partial charge in [0.05, 0.1) is 18.3 Å². The van der Waals surface area contributed by atoms with Crippen LogP contribution in [-0.4, -0.2) is 43.9 Å². The molecule has 8 heteroatoms. The third kappa shape index (κ3) is 3.83. The average Bonchev–Trinajstić information content (AvgIpc) is 3.23. The highest BCUT2D eigenvalue weighted by atomic mass is 16.5. The maximum atomic E-state index is 12.4. The Morgan fingerprint density at radius 1 is 1.40 bits per heavy atom. The Hall–Kier alpha value is -2.38. The highest BCUT2D eigenvalue weighted by molar-refractivity contribution is 5.74. The molecule has 0 unspecified atom stereocenters. The van der Waals surface area contributed by atoms with Gasteiger partial charge in [-0.15, -0.1) is 0 Å². The zero-order valence-electron chi connectivity index (χ0n) is 15.5. The van der Waals surface area contributed by atoms with Crippen LogP contribution in [0.1, 0.15) is 56.3 Å². The van der Waals surface area contributed by atoms with E-state index in [2.05, 4.69) is 26.6 Å². The molecule has 0 radical (unpaired) electrons. The first kappa shape index (κ1) is 17.4. The minimum atomic E-state index is -0.173. The van der Waals surface area contributed by atoms with Gasteiger partial charge in [0.1, 0.15) is 0 Å². The number of rotatable bonds is 3. The van der Waals surface area contributed by atoms with Crippen molar-refractivity contribution in [3.63, 3.8) is 0 Å². The van der Waals surface area contributed by atoms with Crippen molar-refractivity contribution >= 4 is 6.03 Å². The van der Waals surface area contributed by atoms with Gasteiger partial charge in [-0.05, 0) is 26.3 Å². The number of likely N-dealkylation sites (tertiary alicyclic amines) is 1. The monoisotopic (exact) mass is 346 g/mol. The van der Waals surface area contributed by atoms with Crippen molar-refractivity contribution in [3.8, 4) is 0 Å². The lowest BCUT2D eigenvalue weighted by Gasteiger charge is -2.17. The summed E-state index contributed by atoms with van der Waals surface area (Å²) in [5, 5.41) is 11.4. The van der Waals surface area contributed by atoms with Crippen LogP contribution < -0.4 is 5.32 Å². The predicted molar refractivity (Wildman–Crippen MR) is 92.2 cm³/mol. The van der Waals surface area contributed by atoms with E-state index < -0.39 is 0 Å². The molecule has 1 aliphatic rings. The fraction of sp³-hybridized carbons (Fsp3) is 0.647. The minimum absolute atomic E-state index is 0.112. The lowest BCUT2D eigenvalue weighted by atomic mass is 9.96. The predicted octanol–water partition coefficient (Wildman–Crippen LogP) is 2.34. The first-order valence-electron chi connectivity index (χ1n) is 8.62. The van der Waals surface area contributed by atoms with E-state index in [0.29, 0.717) is 24.8 Å². The molecule has 2 aromatic heterocycles. The number of carbonyl (C=O) groups is 1. The second kappa shape index (κ2) is 6.50. The van der Waals surface area contributed by atoms with E-state index in [9.17, 15) is 4.79 Å². The van der Waals surface area contributed by atoms with Gasteiger partial charge < -0.3 is 14.7 Å². The maximum Gasteiger partial charge on any atom is 0.317 e. The summed E-state index contributed by atoms with van der Waals surface area (Å²) < 4.78 is 7.23. The summed E-state index contributed by atoms with van der Waals surface area (Å²) >= 11 is 0. The Morgan fingerprint density at radius 3 is 2.76 bits per heavy atom. The van der Waals surface area contributed by atoms with Crippen molar-refractivity contribution in [1.29, 1.82) is 0 Å². The number of carbonyl (C=O) groups excluding carboxylic acids is 1. The molecule has 1 N–H and O–H groups in total. The maximum absolute atomic E-state index is 12.4.